The van der Waals surface area contributed by atoms with Crippen molar-refractivity contribution < 1.29 is 0 Å². The van der Waals surface area contributed by atoms with Crippen LogP contribution in [-0.2, 0) is 25.1 Å². The highest BCUT2D eigenvalue weighted by Gasteiger charge is 2.13. The third-order valence-corrected chi connectivity index (χ3v) is 22.9. The highest BCUT2D eigenvalue weighted by molar-refractivity contribution is 8.17. The number of hydrogen-bond donors (Lipinski definition) is 0. The van der Waals surface area contributed by atoms with Crippen molar-refractivity contribution in [2.45, 2.75) is 34.9 Å². The SMILES string of the molecule is C=S1C=CCc2ccccc2N1C.C=S1C=Cc2ccccc2CN1C.C=S1CC=Cc2ccccc2N1C.C=S1Cc2ccccc2C=CN1C.C=S1c2ccccc2C=CCN1C.C=S1c2ccccc2CC=CN1C. The topological polar surface area (TPSA) is 19.4 Å². The van der Waals surface area contributed by atoms with E-state index in [-0.39, 0.29) is 64.0 Å². The summed E-state index contributed by atoms with van der Waals surface area (Å²) in [7, 11) is 12.7. The molecular formula is C66H78N6S6. The van der Waals surface area contributed by atoms with Crippen LogP contribution in [0.25, 0.3) is 24.3 Å². The van der Waals surface area contributed by atoms with Crippen molar-refractivity contribution in [3.63, 3.8) is 0 Å². The fourth-order valence-electron chi connectivity index (χ4n) is 8.62. The van der Waals surface area contributed by atoms with Gasteiger partial charge in [0, 0.05) is 80.7 Å². The molecule has 6 aromatic rings. The monoisotopic (exact) mass is 1150 g/mol. The van der Waals surface area contributed by atoms with Crippen LogP contribution in [0.2, 0.25) is 0 Å². The Morgan fingerprint density at radius 1 is 0.385 bits per heavy atom. The molecule has 0 bridgehead atoms. The molecule has 0 aromatic heterocycles. The van der Waals surface area contributed by atoms with Crippen molar-refractivity contribution in [3.05, 3.63) is 238 Å². The zero-order chi connectivity index (χ0) is 55.6. The lowest BCUT2D eigenvalue weighted by atomic mass is 10.1. The Morgan fingerprint density at radius 2 is 0.949 bits per heavy atom. The van der Waals surface area contributed by atoms with Crippen LogP contribution in [0.1, 0.15) is 44.5 Å². The van der Waals surface area contributed by atoms with Gasteiger partial charge >= 0.3 is 0 Å². The molecule has 12 heteroatoms. The summed E-state index contributed by atoms with van der Waals surface area (Å²) < 4.78 is 13.4. The van der Waals surface area contributed by atoms with Gasteiger partial charge in [-0.15, -0.1) is 10.7 Å². The van der Waals surface area contributed by atoms with Gasteiger partial charge in [0.2, 0.25) is 0 Å². The molecule has 6 heterocycles. The normalized spacial score (nSPS) is 21.5. The van der Waals surface area contributed by atoms with E-state index >= 15 is 0 Å². The molecule has 6 aromatic carbocycles. The number of para-hydroxylation sites is 2. The summed E-state index contributed by atoms with van der Waals surface area (Å²) in [5, 5.41) is 4.35. The first-order valence-corrected chi connectivity index (χ1v) is 34.3. The van der Waals surface area contributed by atoms with Crippen LogP contribution < -0.4 is 8.61 Å². The van der Waals surface area contributed by atoms with Crippen molar-refractivity contribution in [1.82, 2.24) is 17.2 Å². The Bertz CT molecular complexity index is 3350. The number of allylic oxidation sites excluding steroid dienone is 2. The van der Waals surface area contributed by atoms with Crippen LogP contribution in [0.4, 0.5) is 11.4 Å². The van der Waals surface area contributed by atoms with Gasteiger partial charge in [0.1, 0.15) is 0 Å². The number of nitrogens with zero attached hydrogens (tertiary/aromatic N) is 6. The molecular weight excluding hydrogens is 1070 g/mol. The summed E-state index contributed by atoms with van der Waals surface area (Å²) in [6, 6.07) is 51.0. The standard InChI is InChI=1S/6C11H13NS/c2*1-12-11-8-4-3-6-10(11)7-5-9-13(12)2;2*1-12-9-5-7-10-6-3-4-8-11(10)13(12)2;1-12-9-11-6-4-3-5-10(11)7-8-13(12)2;1-12-8-7-10-5-3-4-6-11(10)9-13(12)2/h3-6,8-9H,2,7H2,1H3;3-8H,2,9H2,1H3;3-6,8-9H,2,7H2,1H3;3*3-8H,2,9H2,1H3. The molecule has 6 atom stereocenters. The van der Waals surface area contributed by atoms with Crippen LogP contribution in [-0.4, -0.2) is 107 Å². The fraction of sp³-hybridized carbons (Fsp3) is 0.182. The summed E-state index contributed by atoms with van der Waals surface area (Å²) in [6.07, 6.45) is 23.8. The average Bonchev–Trinajstić information content (AvgIpc) is 3.96. The Hall–Kier alpha value is -5.80. The van der Waals surface area contributed by atoms with Gasteiger partial charge in [-0.2, -0.15) is 0 Å². The average molecular weight is 1150 g/mol. The Morgan fingerprint density at radius 3 is 1.68 bits per heavy atom. The first kappa shape index (κ1) is 59.9. The van der Waals surface area contributed by atoms with E-state index in [4.69, 9.17) is 0 Å². The van der Waals surface area contributed by atoms with Gasteiger partial charge in [0.15, 0.2) is 0 Å². The largest absolute Gasteiger partial charge is 0.332 e. The van der Waals surface area contributed by atoms with Crippen LogP contribution in [0.5, 0.6) is 0 Å². The molecule has 12 rings (SSSR count). The van der Waals surface area contributed by atoms with Gasteiger partial charge < -0.3 is 17.2 Å². The highest BCUT2D eigenvalue weighted by Crippen LogP contribution is 2.36. The van der Waals surface area contributed by atoms with E-state index in [1.54, 1.807) is 0 Å². The third-order valence-electron chi connectivity index (χ3n) is 13.5. The first-order valence-electron chi connectivity index (χ1n) is 25.7. The van der Waals surface area contributed by atoms with Crippen molar-refractivity contribution in [3.8, 4) is 0 Å². The third kappa shape index (κ3) is 16.6. The molecule has 0 radical (unpaired) electrons. The van der Waals surface area contributed by atoms with Crippen LogP contribution in [0.15, 0.2) is 203 Å². The lowest BCUT2D eigenvalue weighted by Crippen LogP contribution is -2.09. The van der Waals surface area contributed by atoms with Gasteiger partial charge in [-0.3, -0.25) is 8.61 Å². The molecule has 6 aliphatic heterocycles. The number of anilines is 2. The van der Waals surface area contributed by atoms with Gasteiger partial charge in [0.05, 0.1) is 5.69 Å². The molecule has 0 amide bonds. The zero-order valence-electron chi connectivity index (χ0n) is 46.4. The predicted octanol–water partition coefficient (Wildman–Crippen LogP) is 16.3. The Kier molecular flexibility index (Phi) is 23.0. The molecule has 408 valence electrons. The molecule has 6 aliphatic rings. The molecule has 0 saturated heterocycles. The van der Waals surface area contributed by atoms with Crippen molar-refractivity contribution in [2.75, 3.05) is 63.2 Å². The smallest absolute Gasteiger partial charge is 0.0533 e. The van der Waals surface area contributed by atoms with E-state index < -0.39 is 0 Å². The minimum atomic E-state index is -0.0307. The maximum Gasteiger partial charge on any atom is 0.0533 e. The Labute approximate surface area is 484 Å². The lowest BCUT2D eigenvalue weighted by molar-refractivity contribution is 0.567. The number of hydrogen-bond acceptors (Lipinski definition) is 6. The van der Waals surface area contributed by atoms with E-state index in [1.165, 1.54) is 65.7 Å². The summed E-state index contributed by atoms with van der Waals surface area (Å²) in [4.78, 5) is 2.72. The summed E-state index contributed by atoms with van der Waals surface area (Å²) in [5.41, 5.74) is 13.4. The van der Waals surface area contributed by atoms with E-state index in [0.29, 0.717) is 0 Å². The molecule has 0 N–H and O–H groups in total. The molecule has 6 nitrogen and oxygen atoms in total. The maximum absolute atomic E-state index is 4.19. The molecule has 6 unspecified atom stereocenters. The number of benzene rings is 6. The second-order valence-corrected chi connectivity index (χ2v) is 29.2. The number of fused-ring (bicyclic) bond motifs is 6. The molecule has 0 aliphatic carbocycles. The van der Waals surface area contributed by atoms with Crippen LogP contribution >= 0.6 is 64.0 Å². The lowest BCUT2D eigenvalue weighted by Gasteiger charge is -2.21. The summed E-state index contributed by atoms with van der Waals surface area (Å²) in [5.74, 6) is 27.0. The molecule has 0 fully saturated rings. The van der Waals surface area contributed by atoms with E-state index in [9.17, 15) is 0 Å². The zero-order valence-corrected chi connectivity index (χ0v) is 51.3. The molecule has 78 heavy (non-hydrogen) atoms. The van der Waals surface area contributed by atoms with Crippen LogP contribution in [0, 0.1) is 0 Å². The summed E-state index contributed by atoms with van der Waals surface area (Å²) in [6.45, 7) is 1.98. The second kappa shape index (κ2) is 30.0. The summed E-state index contributed by atoms with van der Waals surface area (Å²) >= 11 is 0. The predicted molar refractivity (Wildman–Crippen MR) is 370 cm³/mol. The number of likely N-dealkylation sites (N-methyl/N-ethyl adjacent to an activating group) is 1. The van der Waals surface area contributed by atoms with Crippen molar-refractivity contribution in [1.29, 1.82) is 0 Å². The molecule has 0 saturated carbocycles. The highest BCUT2D eigenvalue weighted by atomic mass is 32.2. The Balaban J connectivity index is 0.000000136. The van der Waals surface area contributed by atoms with E-state index in [1.807, 2.05) is 0 Å². The van der Waals surface area contributed by atoms with Gasteiger partial charge in [0.25, 0.3) is 0 Å². The number of rotatable bonds is 0. The van der Waals surface area contributed by atoms with Gasteiger partial charge in [-0.1, -0.05) is 246 Å². The van der Waals surface area contributed by atoms with Gasteiger partial charge in [-0.25, -0.2) is 0 Å². The van der Waals surface area contributed by atoms with Crippen molar-refractivity contribution >= 4 is 135 Å². The van der Waals surface area contributed by atoms with E-state index in [0.717, 1.165) is 37.4 Å². The van der Waals surface area contributed by atoms with E-state index in [2.05, 4.69) is 321 Å². The van der Waals surface area contributed by atoms with Crippen molar-refractivity contribution in [2.24, 2.45) is 0 Å². The second-order valence-electron chi connectivity index (χ2n) is 18.8. The first-order chi connectivity index (χ1) is 37.7. The molecule has 0 spiro atoms. The van der Waals surface area contributed by atoms with Crippen LogP contribution in [0.3, 0.4) is 0 Å². The minimum Gasteiger partial charge on any atom is -0.332 e. The fourth-order valence-corrected chi connectivity index (χ4v) is 14.9. The maximum atomic E-state index is 4.19. The van der Waals surface area contributed by atoms with Gasteiger partial charge in [-0.05, 0) is 119 Å². The minimum absolute atomic E-state index is 0.00642. The quantitative estimate of drug-likeness (QED) is 0.140.